The Balaban J connectivity index is 1.82. The van der Waals surface area contributed by atoms with Crippen LogP contribution in [0.25, 0.3) is 10.9 Å². The van der Waals surface area contributed by atoms with Crippen LogP contribution < -0.4 is 10.6 Å². The van der Waals surface area contributed by atoms with Crippen LogP contribution in [0.1, 0.15) is 35.5 Å². The number of nitrogens with one attached hydrogen (secondary N) is 3. The average Bonchev–Trinajstić information content (AvgIpc) is 3.31. The number of hydrogen-bond donors (Lipinski definition) is 3. The Morgan fingerprint density at radius 1 is 1.15 bits per heavy atom. The van der Waals surface area contributed by atoms with E-state index in [1.807, 2.05) is 55.8 Å². The Bertz CT molecular complexity index is 885. The van der Waals surface area contributed by atoms with E-state index in [9.17, 15) is 9.59 Å². The summed E-state index contributed by atoms with van der Waals surface area (Å²) in [6.07, 6.45) is 3.18. The van der Waals surface area contributed by atoms with Gasteiger partial charge in [0.15, 0.2) is 0 Å². The van der Waals surface area contributed by atoms with Crippen molar-refractivity contribution in [3.63, 3.8) is 0 Å². The third-order valence-electron chi connectivity index (χ3n) is 4.47. The summed E-state index contributed by atoms with van der Waals surface area (Å²) in [6.45, 7) is 3.98. The van der Waals surface area contributed by atoms with Crippen LogP contribution in [-0.2, 0) is 11.2 Å². The minimum atomic E-state index is -0.627. The van der Waals surface area contributed by atoms with Gasteiger partial charge in [0.1, 0.15) is 6.04 Å². The number of carbonyl (C=O) groups is 2. The van der Waals surface area contributed by atoms with Crippen molar-refractivity contribution in [3.05, 3.63) is 58.4 Å². The standard InChI is InChI=1S/C20H23N3O2S/c1-3-13(2)22-19(24)17(23-20(25)18-9-6-10-26-18)11-14-12-21-16-8-5-4-7-15(14)16/h4-10,12-13,17,21H,3,11H2,1-2H3,(H,22,24)(H,23,25)/t13-,17-/m0/s1. The zero-order valence-corrected chi connectivity index (χ0v) is 15.7. The Kier molecular flexibility index (Phi) is 5.73. The predicted octanol–water partition coefficient (Wildman–Crippen LogP) is 3.49. The fourth-order valence-electron chi connectivity index (χ4n) is 2.81. The van der Waals surface area contributed by atoms with Crippen LogP contribution in [0.5, 0.6) is 0 Å². The Morgan fingerprint density at radius 2 is 1.96 bits per heavy atom. The number of thiophene rings is 1. The molecule has 5 nitrogen and oxygen atoms in total. The zero-order chi connectivity index (χ0) is 18.5. The van der Waals surface area contributed by atoms with Gasteiger partial charge in [-0.3, -0.25) is 9.59 Å². The van der Waals surface area contributed by atoms with E-state index in [0.717, 1.165) is 22.9 Å². The topological polar surface area (TPSA) is 74.0 Å². The number of hydrogen-bond acceptors (Lipinski definition) is 3. The highest BCUT2D eigenvalue weighted by Gasteiger charge is 2.24. The average molecular weight is 369 g/mol. The molecule has 26 heavy (non-hydrogen) atoms. The molecular formula is C20H23N3O2S. The Hall–Kier alpha value is -2.60. The summed E-state index contributed by atoms with van der Waals surface area (Å²) in [7, 11) is 0. The third-order valence-corrected chi connectivity index (χ3v) is 5.34. The van der Waals surface area contributed by atoms with Crippen LogP contribution in [0.4, 0.5) is 0 Å². The van der Waals surface area contributed by atoms with Crippen LogP contribution in [-0.4, -0.2) is 28.9 Å². The van der Waals surface area contributed by atoms with Gasteiger partial charge in [0.05, 0.1) is 4.88 Å². The fraction of sp³-hybridized carbons (Fsp3) is 0.300. The van der Waals surface area contributed by atoms with Gasteiger partial charge in [-0.15, -0.1) is 11.3 Å². The molecule has 0 aliphatic carbocycles. The van der Waals surface area contributed by atoms with Crippen molar-refractivity contribution in [1.82, 2.24) is 15.6 Å². The van der Waals surface area contributed by atoms with Crippen molar-refractivity contribution in [2.45, 2.75) is 38.8 Å². The smallest absolute Gasteiger partial charge is 0.262 e. The van der Waals surface area contributed by atoms with Crippen LogP contribution >= 0.6 is 11.3 Å². The first-order valence-corrected chi connectivity index (χ1v) is 9.66. The predicted molar refractivity (Wildman–Crippen MR) is 105 cm³/mol. The molecule has 0 saturated carbocycles. The molecule has 3 N–H and O–H groups in total. The number of aromatic amines is 1. The maximum atomic E-state index is 12.7. The number of benzene rings is 1. The fourth-order valence-corrected chi connectivity index (χ4v) is 3.44. The normalized spacial score (nSPS) is 13.3. The van der Waals surface area contributed by atoms with Gasteiger partial charge in [0, 0.05) is 29.6 Å². The molecule has 0 bridgehead atoms. The first-order valence-electron chi connectivity index (χ1n) is 8.78. The number of amides is 2. The number of fused-ring (bicyclic) bond motifs is 1. The zero-order valence-electron chi connectivity index (χ0n) is 14.9. The van der Waals surface area contributed by atoms with Crippen molar-refractivity contribution in [2.75, 3.05) is 0 Å². The van der Waals surface area contributed by atoms with Crippen LogP contribution in [0.3, 0.4) is 0 Å². The number of carbonyl (C=O) groups excluding carboxylic acids is 2. The maximum absolute atomic E-state index is 12.7. The molecule has 0 fully saturated rings. The molecule has 0 spiro atoms. The van der Waals surface area contributed by atoms with Crippen molar-refractivity contribution < 1.29 is 9.59 Å². The summed E-state index contributed by atoms with van der Waals surface area (Å²) >= 11 is 1.36. The summed E-state index contributed by atoms with van der Waals surface area (Å²) in [6, 6.07) is 11.0. The second-order valence-corrected chi connectivity index (χ2v) is 7.33. The summed E-state index contributed by atoms with van der Waals surface area (Å²) in [4.78, 5) is 29.1. The van der Waals surface area contributed by atoms with E-state index in [4.69, 9.17) is 0 Å². The number of para-hydroxylation sites is 1. The van der Waals surface area contributed by atoms with Crippen molar-refractivity contribution in [2.24, 2.45) is 0 Å². The molecule has 2 amide bonds. The van der Waals surface area contributed by atoms with Gasteiger partial charge in [0.2, 0.25) is 5.91 Å². The minimum absolute atomic E-state index is 0.0617. The van der Waals surface area contributed by atoms with Gasteiger partial charge in [-0.1, -0.05) is 31.2 Å². The summed E-state index contributed by atoms with van der Waals surface area (Å²) in [5.41, 5.74) is 2.03. The maximum Gasteiger partial charge on any atom is 0.262 e. The van der Waals surface area contributed by atoms with Crippen LogP contribution in [0, 0.1) is 0 Å². The molecule has 0 aliphatic rings. The molecule has 1 aromatic carbocycles. The molecule has 3 aromatic rings. The van der Waals surface area contributed by atoms with Gasteiger partial charge < -0.3 is 15.6 Å². The lowest BCUT2D eigenvalue weighted by atomic mass is 10.0. The molecule has 0 aliphatic heterocycles. The van der Waals surface area contributed by atoms with Crippen LogP contribution in [0.15, 0.2) is 48.0 Å². The van der Waals surface area contributed by atoms with E-state index in [1.165, 1.54) is 11.3 Å². The molecule has 6 heteroatoms. The van der Waals surface area contributed by atoms with Crippen molar-refractivity contribution >= 4 is 34.1 Å². The lowest BCUT2D eigenvalue weighted by Crippen LogP contribution is -2.50. The van der Waals surface area contributed by atoms with Crippen LogP contribution in [0.2, 0.25) is 0 Å². The monoisotopic (exact) mass is 369 g/mol. The molecule has 2 atom stereocenters. The number of H-pyrrole nitrogens is 1. The SMILES string of the molecule is CC[C@H](C)NC(=O)[C@H](Cc1c[nH]c2ccccc12)NC(=O)c1cccs1. The third kappa shape index (κ3) is 4.14. The summed E-state index contributed by atoms with van der Waals surface area (Å²) in [5, 5.41) is 8.80. The molecular weight excluding hydrogens is 346 g/mol. The largest absolute Gasteiger partial charge is 0.361 e. The van der Waals surface area contributed by atoms with E-state index in [1.54, 1.807) is 6.07 Å². The number of aromatic nitrogens is 1. The molecule has 136 valence electrons. The molecule has 0 saturated heterocycles. The van der Waals surface area contributed by atoms with Crippen molar-refractivity contribution in [1.29, 1.82) is 0 Å². The Morgan fingerprint density at radius 3 is 2.69 bits per heavy atom. The van der Waals surface area contributed by atoms with Gasteiger partial charge >= 0.3 is 0 Å². The summed E-state index contributed by atoms with van der Waals surface area (Å²) in [5.74, 6) is -0.376. The molecule has 0 radical (unpaired) electrons. The Labute approximate surface area is 156 Å². The highest BCUT2D eigenvalue weighted by atomic mass is 32.1. The first-order chi connectivity index (χ1) is 12.6. The minimum Gasteiger partial charge on any atom is -0.361 e. The second kappa shape index (κ2) is 8.19. The lowest BCUT2D eigenvalue weighted by molar-refractivity contribution is -0.123. The van der Waals surface area contributed by atoms with Gasteiger partial charge in [-0.05, 0) is 36.4 Å². The molecule has 3 rings (SSSR count). The molecule has 2 aromatic heterocycles. The first kappa shape index (κ1) is 18.2. The molecule has 0 unspecified atom stereocenters. The molecule has 2 heterocycles. The van der Waals surface area contributed by atoms with Gasteiger partial charge in [-0.25, -0.2) is 0 Å². The van der Waals surface area contributed by atoms with Gasteiger partial charge in [-0.2, -0.15) is 0 Å². The number of rotatable bonds is 7. The van der Waals surface area contributed by atoms with E-state index in [-0.39, 0.29) is 17.9 Å². The quantitative estimate of drug-likeness (QED) is 0.596. The second-order valence-electron chi connectivity index (χ2n) is 6.38. The van der Waals surface area contributed by atoms with E-state index in [0.29, 0.717) is 11.3 Å². The summed E-state index contributed by atoms with van der Waals surface area (Å²) < 4.78 is 0. The van der Waals surface area contributed by atoms with E-state index < -0.39 is 6.04 Å². The van der Waals surface area contributed by atoms with Gasteiger partial charge in [0.25, 0.3) is 5.91 Å². The van der Waals surface area contributed by atoms with Crippen molar-refractivity contribution in [3.8, 4) is 0 Å². The van der Waals surface area contributed by atoms with E-state index >= 15 is 0 Å². The highest BCUT2D eigenvalue weighted by Crippen LogP contribution is 2.19. The lowest BCUT2D eigenvalue weighted by Gasteiger charge is -2.20. The van der Waals surface area contributed by atoms with E-state index in [2.05, 4.69) is 15.6 Å². The highest BCUT2D eigenvalue weighted by molar-refractivity contribution is 7.12.